The summed E-state index contributed by atoms with van der Waals surface area (Å²) in [6.07, 6.45) is 7.34. The standard InChI is InChI=1S/C13H23N3/c1-9-5-4-6-11(7-9)13(14)12-8-16(3)15-10(12)2/h8-9,11,13H,4-7,14H2,1-3H3. The van der Waals surface area contributed by atoms with Crippen LogP contribution in [0.1, 0.15) is 49.9 Å². The van der Waals surface area contributed by atoms with E-state index in [1.165, 1.54) is 31.2 Å². The first-order valence-corrected chi connectivity index (χ1v) is 6.33. The highest BCUT2D eigenvalue weighted by Crippen LogP contribution is 2.36. The molecule has 1 aromatic rings. The molecule has 0 bridgehead atoms. The van der Waals surface area contributed by atoms with E-state index >= 15 is 0 Å². The van der Waals surface area contributed by atoms with Crippen LogP contribution in [0.15, 0.2) is 6.20 Å². The topological polar surface area (TPSA) is 43.8 Å². The minimum absolute atomic E-state index is 0.177. The Labute approximate surface area is 98.0 Å². The van der Waals surface area contributed by atoms with Gasteiger partial charge in [-0.2, -0.15) is 5.10 Å². The number of nitrogens with two attached hydrogens (primary N) is 1. The molecule has 0 saturated heterocycles. The zero-order valence-electron chi connectivity index (χ0n) is 10.6. The molecule has 1 fully saturated rings. The van der Waals surface area contributed by atoms with Crippen molar-refractivity contribution in [2.24, 2.45) is 24.6 Å². The van der Waals surface area contributed by atoms with E-state index < -0.39 is 0 Å². The molecular weight excluding hydrogens is 198 g/mol. The van der Waals surface area contributed by atoms with Gasteiger partial charge in [-0.15, -0.1) is 0 Å². The van der Waals surface area contributed by atoms with Gasteiger partial charge in [0.25, 0.3) is 0 Å². The number of nitrogens with zero attached hydrogens (tertiary/aromatic N) is 2. The molecule has 0 radical (unpaired) electrons. The Balaban J connectivity index is 2.11. The van der Waals surface area contributed by atoms with Gasteiger partial charge in [-0.05, 0) is 31.6 Å². The number of aryl methyl sites for hydroxylation is 2. The van der Waals surface area contributed by atoms with Crippen LogP contribution in [-0.2, 0) is 7.05 Å². The molecule has 90 valence electrons. The van der Waals surface area contributed by atoms with Crippen molar-refractivity contribution in [3.05, 3.63) is 17.5 Å². The molecule has 2 N–H and O–H groups in total. The van der Waals surface area contributed by atoms with Crippen LogP contribution < -0.4 is 5.73 Å². The smallest absolute Gasteiger partial charge is 0.0641 e. The van der Waals surface area contributed by atoms with Crippen molar-refractivity contribution in [3.63, 3.8) is 0 Å². The van der Waals surface area contributed by atoms with Crippen molar-refractivity contribution >= 4 is 0 Å². The second-order valence-corrected chi connectivity index (χ2v) is 5.40. The number of rotatable bonds is 2. The molecule has 3 nitrogen and oxygen atoms in total. The van der Waals surface area contributed by atoms with Crippen molar-refractivity contribution in [1.29, 1.82) is 0 Å². The summed E-state index contributed by atoms with van der Waals surface area (Å²) in [6, 6.07) is 0.177. The molecular formula is C13H23N3. The third kappa shape index (κ3) is 2.29. The molecule has 16 heavy (non-hydrogen) atoms. The molecule has 3 heteroatoms. The Morgan fingerprint density at radius 1 is 1.50 bits per heavy atom. The Morgan fingerprint density at radius 2 is 2.25 bits per heavy atom. The van der Waals surface area contributed by atoms with Gasteiger partial charge in [-0.25, -0.2) is 0 Å². The first kappa shape index (κ1) is 11.6. The Hall–Kier alpha value is -0.830. The monoisotopic (exact) mass is 221 g/mol. The SMILES string of the molecule is Cc1nn(C)cc1C(N)C1CCCC(C)C1. The highest BCUT2D eigenvalue weighted by atomic mass is 15.2. The van der Waals surface area contributed by atoms with E-state index in [9.17, 15) is 0 Å². The third-order valence-electron chi connectivity index (χ3n) is 3.90. The van der Waals surface area contributed by atoms with E-state index in [-0.39, 0.29) is 6.04 Å². The predicted octanol–water partition coefficient (Wildman–Crippen LogP) is 2.55. The van der Waals surface area contributed by atoms with Gasteiger partial charge in [0.05, 0.1) is 5.69 Å². The van der Waals surface area contributed by atoms with E-state index in [0.717, 1.165) is 11.6 Å². The van der Waals surface area contributed by atoms with Gasteiger partial charge in [0.2, 0.25) is 0 Å². The molecule has 0 aromatic carbocycles. The van der Waals surface area contributed by atoms with Gasteiger partial charge in [0.1, 0.15) is 0 Å². The van der Waals surface area contributed by atoms with Crippen molar-refractivity contribution < 1.29 is 0 Å². The predicted molar refractivity (Wildman–Crippen MR) is 66.0 cm³/mol. The van der Waals surface area contributed by atoms with Crippen LogP contribution in [0.4, 0.5) is 0 Å². The lowest BCUT2D eigenvalue weighted by atomic mass is 9.77. The first-order chi connectivity index (χ1) is 7.58. The maximum absolute atomic E-state index is 6.39. The van der Waals surface area contributed by atoms with Crippen LogP contribution in [0.5, 0.6) is 0 Å². The van der Waals surface area contributed by atoms with E-state index in [1.807, 2.05) is 11.7 Å². The van der Waals surface area contributed by atoms with Gasteiger partial charge in [0.15, 0.2) is 0 Å². The highest BCUT2D eigenvalue weighted by molar-refractivity contribution is 5.20. The quantitative estimate of drug-likeness (QED) is 0.834. The maximum atomic E-state index is 6.39. The average molecular weight is 221 g/mol. The Bertz CT molecular complexity index is 356. The fourth-order valence-electron chi connectivity index (χ4n) is 3.01. The van der Waals surface area contributed by atoms with Crippen LogP contribution in [0.25, 0.3) is 0 Å². The molecule has 3 atom stereocenters. The molecule has 1 aliphatic carbocycles. The van der Waals surface area contributed by atoms with Crippen LogP contribution in [0.2, 0.25) is 0 Å². The maximum Gasteiger partial charge on any atom is 0.0641 e. The number of hydrogen-bond acceptors (Lipinski definition) is 2. The fourth-order valence-corrected chi connectivity index (χ4v) is 3.01. The summed E-state index contributed by atoms with van der Waals surface area (Å²) >= 11 is 0. The second kappa shape index (κ2) is 4.58. The van der Waals surface area contributed by atoms with E-state index in [0.29, 0.717) is 5.92 Å². The minimum Gasteiger partial charge on any atom is -0.324 e. The summed E-state index contributed by atoms with van der Waals surface area (Å²) in [5.74, 6) is 1.48. The largest absolute Gasteiger partial charge is 0.324 e. The van der Waals surface area contributed by atoms with Gasteiger partial charge in [-0.1, -0.05) is 19.8 Å². The molecule has 3 unspecified atom stereocenters. The molecule has 1 aromatic heterocycles. The third-order valence-corrected chi connectivity index (χ3v) is 3.90. The Kier molecular flexibility index (Phi) is 3.33. The highest BCUT2D eigenvalue weighted by Gasteiger charge is 2.27. The average Bonchev–Trinajstić information content (AvgIpc) is 2.57. The lowest BCUT2D eigenvalue weighted by molar-refractivity contribution is 0.247. The first-order valence-electron chi connectivity index (χ1n) is 6.33. The fraction of sp³-hybridized carbons (Fsp3) is 0.769. The lowest BCUT2D eigenvalue weighted by Gasteiger charge is -2.31. The van der Waals surface area contributed by atoms with Crippen LogP contribution >= 0.6 is 0 Å². The van der Waals surface area contributed by atoms with Crippen molar-refractivity contribution in [1.82, 2.24) is 9.78 Å². The van der Waals surface area contributed by atoms with Crippen molar-refractivity contribution in [2.75, 3.05) is 0 Å². The summed E-state index contributed by atoms with van der Waals surface area (Å²) in [7, 11) is 1.96. The summed E-state index contributed by atoms with van der Waals surface area (Å²) in [5, 5.41) is 4.38. The van der Waals surface area contributed by atoms with E-state index in [1.54, 1.807) is 0 Å². The van der Waals surface area contributed by atoms with Gasteiger partial charge >= 0.3 is 0 Å². The molecule has 0 spiro atoms. The minimum atomic E-state index is 0.177. The second-order valence-electron chi connectivity index (χ2n) is 5.40. The van der Waals surface area contributed by atoms with Crippen LogP contribution in [0.3, 0.4) is 0 Å². The number of hydrogen-bond donors (Lipinski definition) is 1. The van der Waals surface area contributed by atoms with E-state index in [2.05, 4.69) is 25.1 Å². The number of aromatic nitrogens is 2. The Morgan fingerprint density at radius 3 is 2.81 bits per heavy atom. The summed E-state index contributed by atoms with van der Waals surface area (Å²) in [4.78, 5) is 0. The zero-order chi connectivity index (χ0) is 11.7. The normalized spacial score (nSPS) is 28.0. The molecule has 2 rings (SSSR count). The summed E-state index contributed by atoms with van der Waals surface area (Å²) in [5.41, 5.74) is 8.72. The van der Waals surface area contributed by atoms with Crippen LogP contribution in [-0.4, -0.2) is 9.78 Å². The summed E-state index contributed by atoms with van der Waals surface area (Å²) < 4.78 is 1.87. The molecule has 1 aliphatic rings. The van der Waals surface area contributed by atoms with Gasteiger partial charge in [-0.3, -0.25) is 4.68 Å². The van der Waals surface area contributed by atoms with E-state index in [4.69, 9.17) is 5.73 Å². The molecule has 1 heterocycles. The summed E-state index contributed by atoms with van der Waals surface area (Å²) in [6.45, 7) is 4.40. The van der Waals surface area contributed by atoms with Gasteiger partial charge < -0.3 is 5.73 Å². The molecule has 0 amide bonds. The molecule has 1 saturated carbocycles. The lowest BCUT2D eigenvalue weighted by Crippen LogP contribution is -2.26. The van der Waals surface area contributed by atoms with Crippen molar-refractivity contribution in [3.8, 4) is 0 Å². The van der Waals surface area contributed by atoms with Crippen molar-refractivity contribution in [2.45, 2.75) is 45.6 Å². The zero-order valence-corrected chi connectivity index (χ0v) is 10.6. The molecule has 0 aliphatic heterocycles. The van der Waals surface area contributed by atoms with Crippen LogP contribution in [0, 0.1) is 18.8 Å². The van der Waals surface area contributed by atoms with Gasteiger partial charge in [0, 0.05) is 24.8 Å².